The Morgan fingerprint density at radius 3 is 2.66 bits per heavy atom. The van der Waals surface area contributed by atoms with Crippen LogP contribution in [0.3, 0.4) is 0 Å². The van der Waals surface area contributed by atoms with Crippen molar-refractivity contribution in [1.82, 2.24) is 4.90 Å². The van der Waals surface area contributed by atoms with Crippen molar-refractivity contribution >= 4 is 39.3 Å². The topological polar surface area (TPSA) is 119 Å². The Bertz CT molecular complexity index is 1070. The van der Waals surface area contributed by atoms with Crippen LogP contribution in [0.2, 0.25) is 5.02 Å². The predicted molar refractivity (Wildman–Crippen MR) is 108 cm³/mol. The van der Waals surface area contributed by atoms with E-state index in [1.807, 2.05) is 0 Å². The van der Waals surface area contributed by atoms with Gasteiger partial charge in [0.05, 0.1) is 18.4 Å². The summed E-state index contributed by atoms with van der Waals surface area (Å²) in [5.41, 5.74) is 2.04. The second-order valence-corrected chi connectivity index (χ2v) is 8.55. The van der Waals surface area contributed by atoms with Gasteiger partial charge in [-0.25, -0.2) is 18.4 Å². The molecule has 0 spiro atoms. The highest BCUT2D eigenvalue weighted by Crippen LogP contribution is 2.29. The summed E-state index contributed by atoms with van der Waals surface area (Å²) in [4.78, 5) is 25.7. The highest BCUT2D eigenvalue weighted by Gasteiger charge is 2.27. The van der Waals surface area contributed by atoms with E-state index in [1.54, 1.807) is 30.3 Å². The summed E-state index contributed by atoms with van der Waals surface area (Å²) in [7, 11) is -2.74. The van der Waals surface area contributed by atoms with E-state index in [9.17, 15) is 18.0 Å². The fourth-order valence-corrected chi connectivity index (χ4v) is 4.36. The molecule has 0 fully saturated rings. The maximum Gasteiger partial charge on any atom is 0.409 e. The van der Waals surface area contributed by atoms with Gasteiger partial charge in [0.2, 0.25) is 15.9 Å². The van der Waals surface area contributed by atoms with Crippen LogP contribution in [0.5, 0.6) is 0 Å². The first kappa shape index (κ1) is 21.1. The lowest BCUT2D eigenvalue weighted by Gasteiger charge is -2.29. The Balaban J connectivity index is 1.90. The monoisotopic (exact) mass is 437 g/mol. The van der Waals surface area contributed by atoms with Crippen molar-refractivity contribution in [2.45, 2.75) is 24.3 Å². The van der Waals surface area contributed by atoms with E-state index in [4.69, 9.17) is 21.5 Å². The summed E-state index contributed by atoms with van der Waals surface area (Å²) >= 11 is 6.09. The van der Waals surface area contributed by atoms with Gasteiger partial charge in [0.25, 0.3) is 0 Å². The highest BCUT2D eigenvalue weighted by molar-refractivity contribution is 7.89. The van der Waals surface area contributed by atoms with E-state index < -0.39 is 16.1 Å². The number of ether oxygens (including phenoxy) is 1. The predicted octanol–water partition coefficient (Wildman–Crippen LogP) is 2.29. The van der Waals surface area contributed by atoms with Gasteiger partial charge in [-0.2, -0.15) is 0 Å². The van der Waals surface area contributed by atoms with E-state index in [1.165, 1.54) is 18.1 Å². The van der Waals surface area contributed by atoms with Crippen LogP contribution in [0.1, 0.15) is 16.7 Å². The summed E-state index contributed by atoms with van der Waals surface area (Å²) < 4.78 is 28.9. The van der Waals surface area contributed by atoms with Crippen molar-refractivity contribution < 1.29 is 22.7 Å². The average molecular weight is 438 g/mol. The smallest absolute Gasteiger partial charge is 0.409 e. The number of nitrogens with zero attached hydrogens (tertiary/aromatic N) is 1. The molecule has 0 atom stereocenters. The molecule has 0 bridgehead atoms. The number of sulfonamides is 1. The van der Waals surface area contributed by atoms with Gasteiger partial charge < -0.3 is 15.0 Å². The molecule has 2 amide bonds. The molecule has 0 radical (unpaired) electrons. The van der Waals surface area contributed by atoms with Crippen molar-refractivity contribution in [3.63, 3.8) is 0 Å². The maximum atomic E-state index is 12.4. The van der Waals surface area contributed by atoms with Crippen molar-refractivity contribution in [3.05, 3.63) is 58.1 Å². The van der Waals surface area contributed by atoms with Crippen LogP contribution in [0, 0.1) is 0 Å². The minimum Gasteiger partial charge on any atom is -0.453 e. The fourth-order valence-electron chi connectivity index (χ4n) is 3.29. The quantitative estimate of drug-likeness (QED) is 0.760. The van der Waals surface area contributed by atoms with Gasteiger partial charge >= 0.3 is 6.09 Å². The number of hydrogen-bond acceptors (Lipinski definition) is 5. The zero-order chi connectivity index (χ0) is 21.2. The molecule has 0 aromatic heterocycles. The molecule has 1 heterocycles. The van der Waals surface area contributed by atoms with Crippen LogP contribution in [-0.2, 0) is 38.9 Å². The van der Waals surface area contributed by atoms with Crippen molar-refractivity contribution in [2.75, 3.05) is 19.0 Å². The molecule has 2 aromatic carbocycles. The molecule has 154 valence electrons. The maximum absolute atomic E-state index is 12.4. The first-order chi connectivity index (χ1) is 13.7. The highest BCUT2D eigenvalue weighted by atomic mass is 35.5. The van der Waals surface area contributed by atoms with Crippen molar-refractivity contribution in [3.8, 4) is 0 Å². The molecule has 2 aromatic rings. The van der Waals surface area contributed by atoms with Crippen LogP contribution in [0.4, 0.5) is 10.5 Å². The largest absolute Gasteiger partial charge is 0.453 e. The third-order valence-electron chi connectivity index (χ3n) is 4.63. The van der Waals surface area contributed by atoms with E-state index in [0.717, 1.165) is 0 Å². The molecule has 29 heavy (non-hydrogen) atoms. The third-order valence-corrected chi connectivity index (χ3v) is 5.97. The fraction of sp³-hybridized carbons (Fsp3) is 0.263. The van der Waals surface area contributed by atoms with E-state index in [0.29, 0.717) is 34.7 Å². The third kappa shape index (κ3) is 4.87. The summed E-state index contributed by atoms with van der Waals surface area (Å²) in [5, 5.41) is 8.53. The number of carbonyl (C=O) groups excluding carboxylic acids is 2. The molecular formula is C19H20ClN3O5S. The molecule has 3 N–H and O–H groups in total. The molecule has 1 aliphatic heterocycles. The number of hydrogen-bond donors (Lipinski definition) is 2. The van der Waals surface area contributed by atoms with Crippen molar-refractivity contribution in [2.24, 2.45) is 5.14 Å². The van der Waals surface area contributed by atoms with Crippen molar-refractivity contribution in [1.29, 1.82) is 0 Å². The summed E-state index contributed by atoms with van der Waals surface area (Å²) in [6, 6.07) is 9.94. The Kier molecular flexibility index (Phi) is 6.11. The summed E-state index contributed by atoms with van der Waals surface area (Å²) in [5.74, 6) is -0.362. The average Bonchev–Trinajstić information content (AvgIpc) is 2.67. The van der Waals surface area contributed by atoms with Crippen LogP contribution in [0.15, 0.2) is 41.3 Å². The van der Waals surface area contributed by atoms with Crippen LogP contribution < -0.4 is 10.5 Å². The van der Waals surface area contributed by atoms with Crippen LogP contribution in [0.25, 0.3) is 0 Å². The number of halogens is 1. The lowest BCUT2D eigenvalue weighted by atomic mass is 9.99. The molecular weight excluding hydrogens is 418 g/mol. The number of nitrogens with two attached hydrogens (primary N) is 1. The van der Waals surface area contributed by atoms with Gasteiger partial charge in [-0.05, 0) is 41.3 Å². The van der Waals surface area contributed by atoms with Gasteiger partial charge in [-0.3, -0.25) is 4.79 Å². The first-order valence-corrected chi connectivity index (χ1v) is 10.7. The Morgan fingerprint density at radius 1 is 1.28 bits per heavy atom. The molecule has 1 aliphatic rings. The second kappa shape index (κ2) is 8.40. The second-order valence-electron chi connectivity index (χ2n) is 6.62. The number of carbonyl (C=O) groups is 2. The van der Waals surface area contributed by atoms with E-state index in [-0.39, 0.29) is 29.5 Å². The zero-order valence-corrected chi connectivity index (χ0v) is 17.2. The SMILES string of the molecule is COC(=O)N1CCc2c(cc(NC(=O)Cc3ccccc3Cl)cc2S(N)(=O)=O)C1. The number of primary sulfonamides is 1. The standard InChI is InChI=1S/C19H20ClN3O5S/c1-28-19(25)23-7-6-15-13(11-23)8-14(10-17(15)29(21,26)27)22-18(24)9-12-4-2-3-5-16(12)20/h2-5,8,10H,6-7,9,11H2,1H3,(H,22,24)(H2,21,26,27). The molecule has 8 nitrogen and oxygen atoms in total. The number of fused-ring (bicyclic) bond motifs is 1. The number of rotatable bonds is 4. The number of methoxy groups -OCH3 is 1. The first-order valence-electron chi connectivity index (χ1n) is 8.74. The van der Waals surface area contributed by atoms with E-state index in [2.05, 4.69) is 5.32 Å². The molecule has 10 heteroatoms. The number of benzene rings is 2. The molecule has 0 unspecified atom stereocenters. The van der Waals surface area contributed by atoms with Crippen LogP contribution in [-0.4, -0.2) is 39.0 Å². The van der Waals surface area contributed by atoms with Gasteiger partial charge in [-0.1, -0.05) is 29.8 Å². The Labute approximate surface area is 173 Å². The lowest BCUT2D eigenvalue weighted by Crippen LogP contribution is -2.36. The minimum atomic E-state index is -4.02. The Hall–Kier alpha value is -2.62. The van der Waals surface area contributed by atoms with E-state index >= 15 is 0 Å². The number of nitrogens with one attached hydrogen (secondary N) is 1. The normalized spacial score (nSPS) is 13.6. The Morgan fingerprint density at radius 2 is 2.00 bits per heavy atom. The van der Waals surface area contributed by atoms with Crippen LogP contribution >= 0.6 is 11.6 Å². The van der Waals surface area contributed by atoms with Gasteiger partial charge in [0.15, 0.2) is 0 Å². The molecule has 3 rings (SSSR count). The summed E-state index contributed by atoms with van der Waals surface area (Å²) in [6.45, 7) is 0.457. The molecule has 0 saturated heterocycles. The van der Waals surface area contributed by atoms with Gasteiger partial charge in [0, 0.05) is 23.8 Å². The molecule has 0 saturated carbocycles. The number of amides is 2. The van der Waals surface area contributed by atoms with Gasteiger partial charge in [0.1, 0.15) is 0 Å². The zero-order valence-electron chi connectivity index (χ0n) is 15.6. The summed E-state index contributed by atoms with van der Waals surface area (Å²) in [6.07, 6.45) is -0.180. The lowest BCUT2D eigenvalue weighted by molar-refractivity contribution is -0.115. The van der Waals surface area contributed by atoms with Gasteiger partial charge in [-0.15, -0.1) is 0 Å². The minimum absolute atomic E-state index is 0.0236. The number of anilines is 1. The molecule has 0 aliphatic carbocycles.